The summed E-state index contributed by atoms with van der Waals surface area (Å²) in [6.07, 6.45) is 2.44. The van der Waals surface area contributed by atoms with Gasteiger partial charge in [-0.3, -0.25) is 9.59 Å². The molecule has 4 nitrogen and oxygen atoms in total. The molecule has 2 amide bonds. The van der Waals surface area contributed by atoms with E-state index in [0.29, 0.717) is 18.9 Å². The van der Waals surface area contributed by atoms with Crippen LogP contribution < -0.4 is 5.32 Å². The number of fused-ring (bicyclic) bond motifs is 1. The van der Waals surface area contributed by atoms with Gasteiger partial charge >= 0.3 is 0 Å². The lowest BCUT2D eigenvalue weighted by molar-refractivity contribution is -0.133. The van der Waals surface area contributed by atoms with Gasteiger partial charge in [0.15, 0.2) is 0 Å². The van der Waals surface area contributed by atoms with Gasteiger partial charge in [-0.1, -0.05) is 31.2 Å². The Morgan fingerprint density at radius 2 is 2.05 bits per heavy atom. The predicted molar refractivity (Wildman–Crippen MR) is 85.2 cm³/mol. The molecule has 0 aromatic heterocycles. The van der Waals surface area contributed by atoms with Crippen LogP contribution in [0.1, 0.15) is 43.9 Å². The second-order valence-corrected chi connectivity index (χ2v) is 6.66. The van der Waals surface area contributed by atoms with E-state index >= 15 is 0 Å². The maximum absolute atomic E-state index is 12.3. The van der Waals surface area contributed by atoms with E-state index in [-0.39, 0.29) is 17.9 Å². The molecule has 2 aliphatic rings. The van der Waals surface area contributed by atoms with E-state index in [1.54, 1.807) is 6.92 Å². The molecule has 118 valence electrons. The zero-order valence-corrected chi connectivity index (χ0v) is 13.3. The topological polar surface area (TPSA) is 49.4 Å². The molecule has 0 radical (unpaired) electrons. The molecule has 1 aromatic carbocycles. The largest absolute Gasteiger partial charge is 0.356 e. The van der Waals surface area contributed by atoms with Gasteiger partial charge in [0.1, 0.15) is 0 Å². The molecule has 0 saturated heterocycles. The maximum atomic E-state index is 12.3. The zero-order chi connectivity index (χ0) is 15.7. The van der Waals surface area contributed by atoms with Gasteiger partial charge in [0, 0.05) is 20.0 Å². The predicted octanol–water partition coefficient (Wildman–Crippen LogP) is 2.29. The normalized spacial score (nSPS) is 26.3. The van der Waals surface area contributed by atoms with Gasteiger partial charge in [-0.2, -0.15) is 0 Å². The highest BCUT2D eigenvalue weighted by molar-refractivity contribution is 5.79. The summed E-state index contributed by atoms with van der Waals surface area (Å²) < 4.78 is 0. The minimum Gasteiger partial charge on any atom is -0.356 e. The Morgan fingerprint density at radius 1 is 1.32 bits per heavy atom. The Kier molecular flexibility index (Phi) is 4.19. The van der Waals surface area contributed by atoms with Crippen LogP contribution in [0.25, 0.3) is 0 Å². The molecule has 4 heteroatoms. The quantitative estimate of drug-likeness (QED) is 0.927. The molecule has 1 fully saturated rings. The molecular weight excluding hydrogens is 276 g/mol. The molecule has 0 bridgehead atoms. The second kappa shape index (κ2) is 6.11. The summed E-state index contributed by atoms with van der Waals surface area (Å²) in [7, 11) is 0. The average molecular weight is 300 g/mol. The molecule has 1 N–H and O–H groups in total. The highest BCUT2D eigenvalue weighted by Gasteiger charge is 2.34. The van der Waals surface area contributed by atoms with E-state index < -0.39 is 0 Å². The summed E-state index contributed by atoms with van der Waals surface area (Å²) in [5.74, 6) is 1.48. The van der Waals surface area contributed by atoms with Crippen molar-refractivity contribution in [3.8, 4) is 0 Å². The lowest BCUT2D eigenvalue weighted by Gasteiger charge is -2.36. The minimum atomic E-state index is -0.126. The van der Waals surface area contributed by atoms with Crippen LogP contribution in [0.5, 0.6) is 0 Å². The summed E-state index contributed by atoms with van der Waals surface area (Å²) in [6.45, 7) is 5.27. The smallest absolute Gasteiger partial charge is 0.222 e. The van der Waals surface area contributed by atoms with Crippen molar-refractivity contribution in [1.29, 1.82) is 0 Å². The fourth-order valence-corrected chi connectivity index (χ4v) is 3.42. The van der Waals surface area contributed by atoms with Crippen molar-refractivity contribution in [2.24, 2.45) is 11.8 Å². The number of nitrogens with one attached hydrogen (secondary N) is 1. The molecule has 0 spiro atoms. The number of amides is 2. The molecule has 22 heavy (non-hydrogen) atoms. The Morgan fingerprint density at radius 3 is 2.73 bits per heavy atom. The molecule has 1 aliphatic heterocycles. The Bertz CT molecular complexity index is 584. The van der Waals surface area contributed by atoms with Crippen LogP contribution in [-0.2, 0) is 16.0 Å². The molecule has 1 saturated carbocycles. The van der Waals surface area contributed by atoms with Gasteiger partial charge in [-0.15, -0.1) is 0 Å². The first-order valence-electron chi connectivity index (χ1n) is 8.18. The van der Waals surface area contributed by atoms with Crippen molar-refractivity contribution >= 4 is 11.8 Å². The van der Waals surface area contributed by atoms with E-state index in [1.807, 2.05) is 23.1 Å². The van der Waals surface area contributed by atoms with Crippen LogP contribution in [0.15, 0.2) is 24.3 Å². The lowest BCUT2D eigenvalue weighted by Crippen LogP contribution is -2.41. The van der Waals surface area contributed by atoms with Crippen LogP contribution in [-0.4, -0.2) is 29.8 Å². The minimum absolute atomic E-state index is 0.0446. The molecule has 1 aliphatic carbocycles. The van der Waals surface area contributed by atoms with Gasteiger partial charge in [-0.05, 0) is 35.8 Å². The van der Waals surface area contributed by atoms with Crippen LogP contribution in [0, 0.1) is 11.8 Å². The van der Waals surface area contributed by atoms with Crippen molar-refractivity contribution < 1.29 is 9.59 Å². The van der Waals surface area contributed by atoms with E-state index in [4.69, 9.17) is 0 Å². The monoisotopic (exact) mass is 300 g/mol. The van der Waals surface area contributed by atoms with Crippen molar-refractivity contribution in [1.82, 2.24) is 10.2 Å². The third-order valence-electron chi connectivity index (χ3n) is 5.03. The van der Waals surface area contributed by atoms with Gasteiger partial charge in [0.05, 0.1) is 12.5 Å². The van der Waals surface area contributed by atoms with Crippen LogP contribution in [0.2, 0.25) is 0 Å². The second-order valence-electron chi connectivity index (χ2n) is 6.66. The summed E-state index contributed by atoms with van der Waals surface area (Å²) in [6, 6.07) is 8.03. The number of carbonyl (C=O) groups excluding carboxylic acids is 2. The van der Waals surface area contributed by atoms with E-state index in [0.717, 1.165) is 24.4 Å². The van der Waals surface area contributed by atoms with Crippen molar-refractivity contribution in [2.75, 3.05) is 13.1 Å². The van der Waals surface area contributed by atoms with E-state index in [1.165, 1.54) is 12.0 Å². The van der Waals surface area contributed by atoms with Gasteiger partial charge in [0.2, 0.25) is 11.8 Å². The van der Waals surface area contributed by atoms with Crippen LogP contribution >= 0.6 is 0 Å². The SMILES string of the molecule is CC(=O)N1CCc2ccccc2[C@@H]1CC(=O)NC[C@H]1C[C@@H]1C. The standard InChI is InChI=1S/C18H24N2O2/c1-12-9-15(12)11-19-18(22)10-17-16-6-4-3-5-14(16)7-8-20(17)13(2)21/h3-6,12,15,17H,7-11H2,1-2H3,(H,19,22)/t12-,15+,17-/m0/s1. The van der Waals surface area contributed by atoms with Crippen molar-refractivity contribution in [3.05, 3.63) is 35.4 Å². The fraction of sp³-hybridized carbons (Fsp3) is 0.556. The Balaban J connectivity index is 1.70. The summed E-state index contributed by atoms with van der Waals surface area (Å²) >= 11 is 0. The number of hydrogen-bond donors (Lipinski definition) is 1. The highest BCUT2D eigenvalue weighted by Crippen LogP contribution is 2.37. The first-order valence-corrected chi connectivity index (χ1v) is 8.18. The molecule has 1 aromatic rings. The van der Waals surface area contributed by atoms with Gasteiger partial charge in [0.25, 0.3) is 0 Å². The zero-order valence-electron chi connectivity index (χ0n) is 13.3. The number of rotatable bonds is 4. The summed E-state index contributed by atoms with van der Waals surface area (Å²) in [5.41, 5.74) is 2.38. The van der Waals surface area contributed by atoms with Gasteiger partial charge in [-0.25, -0.2) is 0 Å². The van der Waals surface area contributed by atoms with E-state index in [9.17, 15) is 9.59 Å². The van der Waals surface area contributed by atoms with Crippen LogP contribution in [0.3, 0.4) is 0 Å². The van der Waals surface area contributed by atoms with Crippen LogP contribution in [0.4, 0.5) is 0 Å². The molecule has 3 atom stereocenters. The average Bonchev–Trinajstić information content (AvgIpc) is 3.21. The number of hydrogen-bond acceptors (Lipinski definition) is 2. The van der Waals surface area contributed by atoms with E-state index in [2.05, 4.69) is 18.3 Å². The third-order valence-corrected chi connectivity index (χ3v) is 5.03. The summed E-state index contributed by atoms with van der Waals surface area (Å²) in [5, 5.41) is 3.04. The van der Waals surface area contributed by atoms with Crippen molar-refractivity contribution in [3.63, 3.8) is 0 Å². The lowest BCUT2D eigenvalue weighted by atomic mass is 9.90. The number of carbonyl (C=O) groups is 2. The Hall–Kier alpha value is -1.84. The Labute approximate surface area is 131 Å². The van der Waals surface area contributed by atoms with Crippen molar-refractivity contribution in [2.45, 2.75) is 39.2 Å². The number of nitrogens with zero attached hydrogens (tertiary/aromatic N) is 1. The maximum Gasteiger partial charge on any atom is 0.222 e. The first kappa shape index (κ1) is 15.1. The molecule has 1 heterocycles. The third kappa shape index (κ3) is 3.16. The highest BCUT2D eigenvalue weighted by atomic mass is 16.2. The fourth-order valence-electron chi connectivity index (χ4n) is 3.42. The summed E-state index contributed by atoms with van der Waals surface area (Å²) in [4.78, 5) is 26.0. The number of benzene rings is 1. The first-order chi connectivity index (χ1) is 10.6. The molecule has 3 rings (SSSR count). The molecular formula is C18H24N2O2. The molecule has 0 unspecified atom stereocenters. The van der Waals surface area contributed by atoms with Gasteiger partial charge < -0.3 is 10.2 Å².